The summed E-state index contributed by atoms with van der Waals surface area (Å²) in [4.78, 5) is 11.9. The van der Waals surface area contributed by atoms with Gasteiger partial charge in [0.15, 0.2) is 11.5 Å². The minimum Gasteiger partial charge on any atom is -0.504 e. The molecule has 3 rings (SSSR count). The fourth-order valence-electron chi connectivity index (χ4n) is 3.15. The molecule has 5 N–H and O–H groups in total. The van der Waals surface area contributed by atoms with Crippen LogP contribution >= 0.6 is 0 Å². The normalized spacial score (nSPS) is 25.6. The highest BCUT2D eigenvalue weighted by Crippen LogP contribution is 2.31. The SMILES string of the molecule is O=C(/C=C/c1ccc(OC2OC(CO)C(O)C(O)C2O)c(O)c1)OCCc1ccccc1. The lowest BCUT2D eigenvalue weighted by atomic mass is 9.99. The Morgan fingerprint density at radius 3 is 2.47 bits per heavy atom. The van der Waals surface area contributed by atoms with Gasteiger partial charge in [0.25, 0.3) is 0 Å². The molecule has 0 amide bonds. The van der Waals surface area contributed by atoms with Crippen molar-refractivity contribution in [3.8, 4) is 11.5 Å². The molecule has 1 fully saturated rings. The van der Waals surface area contributed by atoms with E-state index in [2.05, 4.69) is 0 Å². The lowest BCUT2D eigenvalue weighted by molar-refractivity contribution is -0.277. The molecule has 2 aromatic rings. The van der Waals surface area contributed by atoms with Gasteiger partial charge in [-0.25, -0.2) is 4.79 Å². The number of aliphatic hydroxyl groups is 4. The van der Waals surface area contributed by atoms with Gasteiger partial charge in [0.2, 0.25) is 6.29 Å². The minimum atomic E-state index is -1.60. The summed E-state index contributed by atoms with van der Waals surface area (Å²) in [6.45, 7) is -0.355. The number of hydrogen-bond donors (Lipinski definition) is 5. The summed E-state index contributed by atoms with van der Waals surface area (Å²) in [6.07, 6.45) is -3.96. The molecule has 1 saturated heterocycles. The number of carbonyl (C=O) groups is 1. The molecule has 1 aliphatic rings. The van der Waals surface area contributed by atoms with E-state index < -0.39 is 43.3 Å². The molecule has 1 aliphatic heterocycles. The first-order valence-electron chi connectivity index (χ1n) is 10.1. The van der Waals surface area contributed by atoms with Crippen LogP contribution in [0.4, 0.5) is 0 Å². The first-order valence-corrected chi connectivity index (χ1v) is 10.1. The van der Waals surface area contributed by atoms with E-state index in [-0.39, 0.29) is 18.1 Å². The number of esters is 1. The van der Waals surface area contributed by atoms with Gasteiger partial charge in [-0.05, 0) is 29.3 Å². The molecule has 2 aromatic carbocycles. The lowest BCUT2D eigenvalue weighted by Gasteiger charge is -2.39. The zero-order valence-electron chi connectivity index (χ0n) is 17.2. The molecule has 0 aliphatic carbocycles. The van der Waals surface area contributed by atoms with Crippen LogP contribution in [0.2, 0.25) is 0 Å². The molecule has 0 spiro atoms. The number of rotatable bonds is 8. The van der Waals surface area contributed by atoms with Crippen LogP contribution in [0.1, 0.15) is 11.1 Å². The number of phenolic OH excluding ortho intramolecular Hbond substituents is 1. The number of ether oxygens (including phenoxy) is 3. The molecule has 9 heteroatoms. The van der Waals surface area contributed by atoms with E-state index in [4.69, 9.17) is 14.2 Å². The molecule has 1 heterocycles. The van der Waals surface area contributed by atoms with Crippen LogP contribution in [0.25, 0.3) is 6.08 Å². The van der Waals surface area contributed by atoms with Crippen molar-refractivity contribution in [1.29, 1.82) is 0 Å². The predicted molar refractivity (Wildman–Crippen MR) is 113 cm³/mol. The number of aromatic hydroxyl groups is 1. The maximum Gasteiger partial charge on any atom is 0.330 e. The molecule has 0 saturated carbocycles. The van der Waals surface area contributed by atoms with Crippen molar-refractivity contribution in [2.24, 2.45) is 0 Å². The molecular weight excluding hydrogens is 420 g/mol. The predicted octanol–water partition coefficient (Wildman–Crippen LogP) is 0.370. The molecular formula is C23H26O9. The van der Waals surface area contributed by atoms with Gasteiger partial charge >= 0.3 is 5.97 Å². The highest BCUT2D eigenvalue weighted by atomic mass is 16.7. The molecule has 0 aromatic heterocycles. The van der Waals surface area contributed by atoms with Crippen LogP contribution in [0.15, 0.2) is 54.6 Å². The molecule has 5 atom stereocenters. The summed E-state index contributed by atoms with van der Waals surface area (Å²) >= 11 is 0. The number of benzene rings is 2. The van der Waals surface area contributed by atoms with Crippen LogP contribution in [0.3, 0.4) is 0 Å². The van der Waals surface area contributed by atoms with E-state index in [1.54, 1.807) is 6.07 Å². The quantitative estimate of drug-likeness (QED) is 0.287. The highest BCUT2D eigenvalue weighted by Gasteiger charge is 2.44. The van der Waals surface area contributed by atoms with Crippen molar-refractivity contribution >= 4 is 12.0 Å². The Hall–Kier alpha value is -2.95. The van der Waals surface area contributed by atoms with Crippen molar-refractivity contribution < 1.29 is 44.5 Å². The third kappa shape index (κ3) is 6.06. The third-order valence-corrected chi connectivity index (χ3v) is 4.96. The van der Waals surface area contributed by atoms with Crippen molar-refractivity contribution in [3.63, 3.8) is 0 Å². The summed E-state index contributed by atoms with van der Waals surface area (Å²) < 4.78 is 15.8. The van der Waals surface area contributed by atoms with Gasteiger partial charge in [-0.3, -0.25) is 0 Å². The molecule has 0 bridgehead atoms. The fourth-order valence-corrected chi connectivity index (χ4v) is 3.15. The second kappa shape index (κ2) is 11.1. The summed E-state index contributed by atoms with van der Waals surface area (Å²) in [5, 5.41) is 49.1. The Morgan fingerprint density at radius 2 is 1.78 bits per heavy atom. The fraction of sp³-hybridized carbons (Fsp3) is 0.348. The Labute approximate surface area is 184 Å². The van der Waals surface area contributed by atoms with Crippen LogP contribution < -0.4 is 4.74 Å². The van der Waals surface area contributed by atoms with Crippen molar-refractivity contribution in [1.82, 2.24) is 0 Å². The Kier molecular flexibility index (Phi) is 8.20. The largest absolute Gasteiger partial charge is 0.504 e. The summed E-state index contributed by atoms with van der Waals surface area (Å²) in [6, 6.07) is 13.9. The molecule has 172 valence electrons. The monoisotopic (exact) mass is 446 g/mol. The maximum absolute atomic E-state index is 11.9. The van der Waals surface area contributed by atoms with Crippen LogP contribution in [0, 0.1) is 0 Å². The standard InChI is InChI=1S/C23H26O9/c24-13-18-20(27)21(28)22(29)23(32-18)31-17-8-6-15(12-16(17)25)7-9-19(26)30-11-10-14-4-2-1-3-5-14/h1-9,12,18,20-25,27-29H,10-11,13H2/b9-7+. The van der Waals surface area contributed by atoms with Gasteiger partial charge in [0.1, 0.15) is 24.4 Å². The molecule has 9 nitrogen and oxygen atoms in total. The number of phenols is 1. The second-order valence-electron chi connectivity index (χ2n) is 7.28. The average Bonchev–Trinajstić information content (AvgIpc) is 2.80. The van der Waals surface area contributed by atoms with Gasteiger partial charge in [-0.1, -0.05) is 36.4 Å². The Bertz CT molecular complexity index is 913. The minimum absolute atomic E-state index is 0.0584. The van der Waals surface area contributed by atoms with Gasteiger partial charge in [-0.15, -0.1) is 0 Å². The van der Waals surface area contributed by atoms with Crippen molar-refractivity contribution in [2.45, 2.75) is 37.1 Å². The average molecular weight is 446 g/mol. The van der Waals surface area contributed by atoms with Crippen molar-refractivity contribution in [3.05, 3.63) is 65.7 Å². The maximum atomic E-state index is 11.9. The van der Waals surface area contributed by atoms with Gasteiger partial charge < -0.3 is 39.7 Å². The summed E-state index contributed by atoms with van der Waals surface area (Å²) in [5.41, 5.74) is 1.55. The van der Waals surface area contributed by atoms with E-state index in [0.29, 0.717) is 12.0 Å². The summed E-state index contributed by atoms with van der Waals surface area (Å²) in [5.74, 6) is -0.888. The Morgan fingerprint density at radius 1 is 1.03 bits per heavy atom. The van der Waals surface area contributed by atoms with E-state index in [1.807, 2.05) is 30.3 Å². The van der Waals surface area contributed by atoms with Crippen LogP contribution in [-0.2, 0) is 20.7 Å². The molecule has 0 radical (unpaired) electrons. The molecule has 5 unspecified atom stereocenters. The Balaban J connectivity index is 1.54. The second-order valence-corrected chi connectivity index (χ2v) is 7.28. The third-order valence-electron chi connectivity index (χ3n) is 4.96. The van der Waals surface area contributed by atoms with E-state index in [0.717, 1.165) is 5.56 Å². The number of carbonyl (C=O) groups excluding carboxylic acids is 1. The summed E-state index contributed by atoms with van der Waals surface area (Å²) in [7, 11) is 0. The first kappa shape index (κ1) is 23.7. The van der Waals surface area contributed by atoms with E-state index >= 15 is 0 Å². The zero-order valence-corrected chi connectivity index (χ0v) is 17.2. The van der Waals surface area contributed by atoms with Crippen LogP contribution in [0.5, 0.6) is 11.5 Å². The first-order chi connectivity index (χ1) is 15.4. The number of aliphatic hydroxyl groups excluding tert-OH is 4. The number of hydrogen-bond acceptors (Lipinski definition) is 9. The zero-order chi connectivity index (χ0) is 23.1. The van der Waals surface area contributed by atoms with E-state index in [1.165, 1.54) is 24.3 Å². The van der Waals surface area contributed by atoms with Crippen molar-refractivity contribution in [2.75, 3.05) is 13.2 Å². The van der Waals surface area contributed by atoms with Gasteiger partial charge in [0, 0.05) is 12.5 Å². The topological polar surface area (TPSA) is 146 Å². The van der Waals surface area contributed by atoms with E-state index in [9.17, 15) is 30.3 Å². The highest BCUT2D eigenvalue weighted by molar-refractivity contribution is 5.87. The molecule has 32 heavy (non-hydrogen) atoms. The van der Waals surface area contributed by atoms with Gasteiger partial charge in [0.05, 0.1) is 13.2 Å². The van der Waals surface area contributed by atoms with Gasteiger partial charge in [-0.2, -0.15) is 0 Å². The smallest absolute Gasteiger partial charge is 0.330 e. The van der Waals surface area contributed by atoms with Crippen LogP contribution in [-0.4, -0.2) is 75.4 Å². The lowest BCUT2D eigenvalue weighted by Crippen LogP contribution is -2.60.